The highest BCUT2D eigenvalue weighted by atomic mass is 35.5. The molecule has 1 unspecified atom stereocenters. The topological polar surface area (TPSA) is 55.1 Å². The Labute approximate surface area is 119 Å². The fourth-order valence-corrected chi connectivity index (χ4v) is 2.93. The van der Waals surface area contributed by atoms with Crippen molar-refractivity contribution in [2.45, 2.75) is 50.6 Å². The van der Waals surface area contributed by atoms with Gasteiger partial charge in [0.2, 0.25) is 5.91 Å². The molecule has 1 atom stereocenters. The van der Waals surface area contributed by atoms with E-state index in [4.69, 9.17) is 17.3 Å². The monoisotopic (exact) mass is 280 g/mol. The minimum Gasteiger partial charge on any atom is -0.350 e. The van der Waals surface area contributed by atoms with Crippen LogP contribution in [0.5, 0.6) is 0 Å². The average Bonchev–Trinajstić information content (AvgIpc) is 2.75. The first-order valence-electron chi connectivity index (χ1n) is 6.82. The largest absolute Gasteiger partial charge is 0.350 e. The van der Waals surface area contributed by atoms with E-state index >= 15 is 0 Å². The Hall–Kier alpha value is -1.06. The molecule has 0 radical (unpaired) electrons. The highest BCUT2D eigenvalue weighted by Crippen LogP contribution is 2.30. The molecule has 19 heavy (non-hydrogen) atoms. The fraction of sp³-hybridized carbons (Fsp3) is 0.533. The first kappa shape index (κ1) is 14.4. The first-order chi connectivity index (χ1) is 8.98. The molecule has 104 valence electrons. The van der Waals surface area contributed by atoms with Crippen molar-refractivity contribution in [2.24, 2.45) is 5.73 Å². The maximum absolute atomic E-state index is 12.0. The number of carbonyl (C=O) groups excluding carboxylic acids is 1. The number of carbonyl (C=O) groups is 1. The van der Waals surface area contributed by atoms with E-state index in [0.717, 1.165) is 31.2 Å². The summed E-state index contributed by atoms with van der Waals surface area (Å²) < 4.78 is 0. The van der Waals surface area contributed by atoms with E-state index in [-0.39, 0.29) is 17.5 Å². The molecule has 1 aliphatic carbocycles. The second-order valence-corrected chi connectivity index (χ2v) is 6.03. The molecule has 1 fully saturated rings. The van der Waals surface area contributed by atoms with E-state index in [1.165, 1.54) is 0 Å². The lowest BCUT2D eigenvalue weighted by molar-refractivity contribution is -0.122. The molecule has 3 nitrogen and oxygen atoms in total. The van der Waals surface area contributed by atoms with Crippen molar-refractivity contribution in [3.63, 3.8) is 0 Å². The van der Waals surface area contributed by atoms with Gasteiger partial charge in [-0.15, -0.1) is 0 Å². The Balaban J connectivity index is 1.91. The zero-order valence-electron chi connectivity index (χ0n) is 11.3. The molecule has 0 bridgehead atoms. The molecule has 0 saturated heterocycles. The smallest absolute Gasteiger partial charge is 0.222 e. The second-order valence-electron chi connectivity index (χ2n) is 5.59. The van der Waals surface area contributed by atoms with Crippen LogP contribution in [0.15, 0.2) is 24.3 Å². The van der Waals surface area contributed by atoms with Crippen molar-refractivity contribution < 1.29 is 4.79 Å². The molecule has 1 aliphatic rings. The molecule has 1 aromatic rings. The van der Waals surface area contributed by atoms with Crippen LogP contribution in [0.2, 0.25) is 5.02 Å². The Kier molecular flexibility index (Phi) is 4.48. The van der Waals surface area contributed by atoms with E-state index in [0.29, 0.717) is 11.4 Å². The number of nitrogens with two attached hydrogens (primary N) is 1. The molecule has 2 rings (SSSR count). The van der Waals surface area contributed by atoms with Crippen molar-refractivity contribution in [2.75, 3.05) is 0 Å². The third-order valence-corrected chi connectivity index (χ3v) is 4.07. The number of halogens is 1. The van der Waals surface area contributed by atoms with Gasteiger partial charge in [0.15, 0.2) is 0 Å². The summed E-state index contributed by atoms with van der Waals surface area (Å²) in [4.78, 5) is 12.0. The average molecular weight is 281 g/mol. The van der Waals surface area contributed by atoms with Gasteiger partial charge >= 0.3 is 0 Å². The van der Waals surface area contributed by atoms with Crippen LogP contribution in [0.1, 0.15) is 50.6 Å². The molecular weight excluding hydrogens is 260 g/mol. The number of nitrogens with one attached hydrogen (secondary N) is 1. The maximum atomic E-state index is 12.0. The van der Waals surface area contributed by atoms with Gasteiger partial charge in [-0.2, -0.15) is 0 Å². The van der Waals surface area contributed by atoms with Crippen molar-refractivity contribution in [3.8, 4) is 0 Å². The Morgan fingerprint density at radius 3 is 2.79 bits per heavy atom. The summed E-state index contributed by atoms with van der Waals surface area (Å²) >= 11 is 5.95. The van der Waals surface area contributed by atoms with Gasteiger partial charge in [0.25, 0.3) is 0 Å². The lowest BCUT2D eigenvalue weighted by atomic mass is 9.94. The number of hydrogen-bond donors (Lipinski definition) is 2. The summed E-state index contributed by atoms with van der Waals surface area (Å²) in [7, 11) is 0. The summed E-state index contributed by atoms with van der Waals surface area (Å²) in [5.74, 6) is 0.0249. The second kappa shape index (κ2) is 5.93. The van der Waals surface area contributed by atoms with Crippen molar-refractivity contribution >= 4 is 17.5 Å². The predicted molar refractivity (Wildman–Crippen MR) is 78.0 cm³/mol. The van der Waals surface area contributed by atoms with Crippen molar-refractivity contribution in [3.05, 3.63) is 34.9 Å². The van der Waals surface area contributed by atoms with E-state index in [1.54, 1.807) is 0 Å². The molecule has 1 aromatic carbocycles. The van der Waals surface area contributed by atoms with Gasteiger partial charge in [-0.1, -0.05) is 36.6 Å². The molecule has 0 aliphatic heterocycles. The summed E-state index contributed by atoms with van der Waals surface area (Å²) in [5.41, 5.74) is 6.94. The summed E-state index contributed by atoms with van der Waals surface area (Å²) in [6, 6.07) is 7.51. The maximum Gasteiger partial charge on any atom is 0.222 e. The third-order valence-electron chi connectivity index (χ3n) is 3.84. The van der Waals surface area contributed by atoms with Crippen molar-refractivity contribution in [1.82, 2.24) is 5.32 Å². The fourth-order valence-electron chi connectivity index (χ4n) is 2.73. The summed E-state index contributed by atoms with van der Waals surface area (Å²) in [6.45, 7) is 1.96. The highest BCUT2D eigenvalue weighted by Gasteiger charge is 2.31. The molecule has 3 N–H and O–H groups in total. The molecule has 0 aromatic heterocycles. The molecule has 4 heteroatoms. The predicted octanol–water partition coefficient (Wildman–Crippen LogP) is 3.18. The third kappa shape index (κ3) is 3.95. The minimum atomic E-state index is -0.294. The lowest BCUT2D eigenvalue weighted by Gasteiger charge is -2.24. The van der Waals surface area contributed by atoms with Crippen molar-refractivity contribution in [1.29, 1.82) is 0 Å². The normalized spacial score (nSPS) is 19.1. The van der Waals surface area contributed by atoms with Gasteiger partial charge in [-0.25, -0.2) is 0 Å². The number of rotatable bonds is 4. The highest BCUT2D eigenvalue weighted by molar-refractivity contribution is 6.30. The number of benzene rings is 1. The van der Waals surface area contributed by atoms with E-state index < -0.39 is 0 Å². The Bertz CT molecular complexity index is 455. The zero-order valence-corrected chi connectivity index (χ0v) is 12.0. The van der Waals surface area contributed by atoms with Gasteiger partial charge in [0, 0.05) is 17.0 Å². The lowest BCUT2D eigenvalue weighted by Crippen LogP contribution is -2.42. The van der Waals surface area contributed by atoms with Gasteiger partial charge in [0.1, 0.15) is 0 Å². The first-order valence-corrected chi connectivity index (χ1v) is 7.20. The van der Waals surface area contributed by atoms with Crippen LogP contribution in [0.4, 0.5) is 0 Å². The number of hydrogen-bond acceptors (Lipinski definition) is 2. The van der Waals surface area contributed by atoms with Crippen LogP contribution in [0.3, 0.4) is 0 Å². The molecule has 1 amide bonds. The van der Waals surface area contributed by atoms with Gasteiger partial charge < -0.3 is 11.1 Å². The van der Waals surface area contributed by atoms with E-state index in [1.807, 2.05) is 31.2 Å². The van der Waals surface area contributed by atoms with Gasteiger partial charge in [0.05, 0.1) is 6.04 Å². The quantitative estimate of drug-likeness (QED) is 0.890. The van der Waals surface area contributed by atoms with Crippen LogP contribution in [0.25, 0.3) is 0 Å². The van der Waals surface area contributed by atoms with Crippen LogP contribution in [0, 0.1) is 0 Å². The minimum absolute atomic E-state index is 0.0249. The zero-order chi connectivity index (χ0) is 13.9. The van der Waals surface area contributed by atoms with Crippen LogP contribution >= 0.6 is 11.6 Å². The molecule has 0 heterocycles. The van der Waals surface area contributed by atoms with Crippen LogP contribution in [-0.2, 0) is 4.79 Å². The summed E-state index contributed by atoms with van der Waals surface area (Å²) in [5, 5.41) is 3.68. The van der Waals surface area contributed by atoms with Gasteiger partial charge in [-0.3, -0.25) is 4.79 Å². The standard InChI is InChI=1S/C15H21ClN2O/c1-11(12-5-4-6-13(16)9-12)18-14(19)10-15(17)7-2-3-8-15/h4-6,9,11H,2-3,7-8,10,17H2,1H3,(H,18,19). The number of amides is 1. The SMILES string of the molecule is CC(NC(=O)CC1(N)CCCC1)c1cccc(Cl)c1. The molecular formula is C15H21ClN2O. The Morgan fingerprint density at radius 1 is 1.47 bits per heavy atom. The van der Waals surface area contributed by atoms with E-state index in [2.05, 4.69) is 5.32 Å². The van der Waals surface area contributed by atoms with Gasteiger partial charge in [-0.05, 0) is 37.5 Å². The Morgan fingerprint density at radius 2 is 2.16 bits per heavy atom. The van der Waals surface area contributed by atoms with Crippen LogP contribution < -0.4 is 11.1 Å². The molecule has 1 saturated carbocycles. The van der Waals surface area contributed by atoms with E-state index in [9.17, 15) is 4.79 Å². The summed E-state index contributed by atoms with van der Waals surface area (Å²) in [6.07, 6.45) is 4.58. The van der Waals surface area contributed by atoms with Crippen LogP contribution in [-0.4, -0.2) is 11.4 Å². The molecule has 0 spiro atoms.